The summed E-state index contributed by atoms with van der Waals surface area (Å²) in [6, 6.07) is 7.26. The van der Waals surface area contributed by atoms with Gasteiger partial charge in [0.15, 0.2) is 0 Å². The molecule has 0 saturated carbocycles. The van der Waals surface area contributed by atoms with Crippen molar-refractivity contribution in [2.24, 2.45) is 0 Å². The van der Waals surface area contributed by atoms with Gasteiger partial charge in [0.25, 0.3) is 5.56 Å². The zero-order valence-electron chi connectivity index (χ0n) is 12.9. The van der Waals surface area contributed by atoms with Crippen LogP contribution >= 0.6 is 15.9 Å². The third-order valence-electron chi connectivity index (χ3n) is 3.88. The molecule has 0 fully saturated rings. The SMILES string of the molecule is COC(=O)C1=C(C)Nc2[nH]c(=O)[nH]c(=O)c2[C@H]1c1ccc(Br)cc1. The molecule has 124 valence electrons. The van der Waals surface area contributed by atoms with Crippen molar-refractivity contribution < 1.29 is 9.53 Å². The van der Waals surface area contributed by atoms with E-state index in [1.807, 2.05) is 24.3 Å². The van der Waals surface area contributed by atoms with E-state index in [2.05, 4.69) is 31.2 Å². The second-order valence-corrected chi connectivity index (χ2v) is 6.25. The van der Waals surface area contributed by atoms with E-state index in [4.69, 9.17) is 4.74 Å². The quantitative estimate of drug-likeness (QED) is 0.677. The molecular weight excluding hydrogens is 378 g/mol. The monoisotopic (exact) mass is 391 g/mol. The van der Waals surface area contributed by atoms with E-state index in [1.54, 1.807) is 6.92 Å². The highest BCUT2D eigenvalue weighted by molar-refractivity contribution is 9.10. The molecule has 1 aromatic heterocycles. The summed E-state index contributed by atoms with van der Waals surface area (Å²) in [6.07, 6.45) is 0. The second-order valence-electron chi connectivity index (χ2n) is 5.34. The van der Waals surface area contributed by atoms with E-state index in [-0.39, 0.29) is 11.4 Å². The molecule has 3 rings (SSSR count). The van der Waals surface area contributed by atoms with Gasteiger partial charge in [0.2, 0.25) is 0 Å². The maximum absolute atomic E-state index is 12.4. The average Bonchev–Trinajstić information content (AvgIpc) is 2.53. The van der Waals surface area contributed by atoms with Crippen molar-refractivity contribution in [2.75, 3.05) is 12.4 Å². The van der Waals surface area contributed by atoms with Crippen LogP contribution in [0.4, 0.5) is 5.82 Å². The van der Waals surface area contributed by atoms with Crippen molar-refractivity contribution in [1.29, 1.82) is 0 Å². The fourth-order valence-corrected chi connectivity index (χ4v) is 3.12. The molecule has 1 aromatic carbocycles. The molecule has 2 aromatic rings. The summed E-state index contributed by atoms with van der Waals surface area (Å²) in [7, 11) is 1.29. The molecule has 0 amide bonds. The van der Waals surface area contributed by atoms with Crippen LogP contribution in [0.3, 0.4) is 0 Å². The lowest BCUT2D eigenvalue weighted by atomic mass is 9.82. The molecule has 2 heterocycles. The van der Waals surface area contributed by atoms with Gasteiger partial charge in [-0.15, -0.1) is 0 Å². The number of H-pyrrole nitrogens is 2. The molecule has 7 nitrogen and oxygen atoms in total. The van der Waals surface area contributed by atoms with Crippen LogP contribution in [0.2, 0.25) is 0 Å². The van der Waals surface area contributed by atoms with Crippen molar-refractivity contribution in [3.05, 3.63) is 72.0 Å². The molecule has 1 aliphatic heterocycles. The number of ether oxygens (including phenoxy) is 1. The van der Waals surface area contributed by atoms with Gasteiger partial charge in [-0.1, -0.05) is 28.1 Å². The number of nitrogens with one attached hydrogen (secondary N) is 3. The van der Waals surface area contributed by atoms with Gasteiger partial charge in [-0.3, -0.25) is 14.8 Å². The third kappa shape index (κ3) is 2.69. The number of halogens is 1. The van der Waals surface area contributed by atoms with Gasteiger partial charge in [0.1, 0.15) is 5.82 Å². The summed E-state index contributed by atoms with van der Waals surface area (Å²) in [5.74, 6) is -0.909. The molecule has 0 aliphatic carbocycles. The molecule has 0 bridgehead atoms. The third-order valence-corrected chi connectivity index (χ3v) is 4.41. The van der Waals surface area contributed by atoms with Crippen molar-refractivity contribution >= 4 is 27.7 Å². The van der Waals surface area contributed by atoms with Gasteiger partial charge < -0.3 is 10.1 Å². The first kappa shape index (κ1) is 16.3. The Kier molecular flexibility index (Phi) is 4.15. The van der Waals surface area contributed by atoms with E-state index in [0.717, 1.165) is 10.0 Å². The Morgan fingerprint density at radius 2 is 1.83 bits per heavy atom. The van der Waals surface area contributed by atoms with E-state index in [0.29, 0.717) is 11.3 Å². The minimum absolute atomic E-state index is 0.267. The number of hydrogen-bond acceptors (Lipinski definition) is 5. The van der Waals surface area contributed by atoms with Gasteiger partial charge in [-0.2, -0.15) is 0 Å². The number of carbonyl (C=O) groups is 1. The first-order valence-corrected chi connectivity index (χ1v) is 7.89. The maximum atomic E-state index is 12.4. The number of esters is 1. The predicted molar refractivity (Wildman–Crippen MR) is 92.0 cm³/mol. The summed E-state index contributed by atoms with van der Waals surface area (Å²) in [5, 5.41) is 2.91. The summed E-state index contributed by atoms with van der Waals surface area (Å²) in [5.41, 5.74) is 0.674. The molecule has 0 spiro atoms. The Labute approximate surface area is 144 Å². The molecule has 24 heavy (non-hydrogen) atoms. The summed E-state index contributed by atoms with van der Waals surface area (Å²) in [6.45, 7) is 1.69. The maximum Gasteiger partial charge on any atom is 0.336 e. The van der Waals surface area contributed by atoms with E-state index >= 15 is 0 Å². The minimum atomic E-state index is -0.651. The van der Waals surface area contributed by atoms with Crippen LogP contribution in [0.15, 0.2) is 49.6 Å². The number of allylic oxidation sites excluding steroid dienone is 1. The molecule has 0 saturated heterocycles. The molecular formula is C16H14BrN3O4. The number of aromatic amines is 2. The van der Waals surface area contributed by atoms with Gasteiger partial charge in [0, 0.05) is 10.2 Å². The number of rotatable bonds is 2. The standard InChI is InChI=1S/C16H14BrN3O4/c1-7-10(15(22)24-2)11(8-3-5-9(17)6-4-8)12-13(18-7)19-16(23)20-14(12)21/h3-6,11H,1-2H3,(H3,18,19,20,21,23)/t11-/m0/s1. The van der Waals surface area contributed by atoms with Crippen LogP contribution in [-0.4, -0.2) is 23.0 Å². The minimum Gasteiger partial charge on any atom is -0.466 e. The van der Waals surface area contributed by atoms with Crippen molar-refractivity contribution in [1.82, 2.24) is 9.97 Å². The lowest BCUT2D eigenvalue weighted by Gasteiger charge is -2.28. The first-order valence-electron chi connectivity index (χ1n) is 7.10. The Hall–Kier alpha value is -2.61. The summed E-state index contributed by atoms with van der Waals surface area (Å²) >= 11 is 3.36. The van der Waals surface area contributed by atoms with Gasteiger partial charge >= 0.3 is 11.7 Å². The summed E-state index contributed by atoms with van der Waals surface area (Å²) in [4.78, 5) is 41.0. The summed E-state index contributed by atoms with van der Waals surface area (Å²) < 4.78 is 5.76. The van der Waals surface area contributed by atoms with Crippen LogP contribution in [-0.2, 0) is 9.53 Å². The van der Waals surface area contributed by atoms with E-state index < -0.39 is 23.1 Å². The Morgan fingerprint density at radius 3 is 2.46 bits per heavy atom. The largest absolute Gasteiger partial charge is 0.466 e. The van der Waals surface area contributed by atoms with Gasteiger partial charge in [-0.05, 0) is 24.6 Å². The van der Waals surface area contributed by atoms with E-state index in [1.165, 1.54) is 7.11 Å². The molecule has 3 N–H and O–H groups in total. The average molecular weight is 392 g/mol. The predicted octanol–water partition coefficient (Wildman–Crippen LogP) is 1.83. The molecule has 0 unspecified atom stereocenters. The van der Waals surface area contributed by atoms with Crippen molar-refractivity contribution in [3.63, 3.8) is 0 Å². The molecule has 8 heteroatoms. The molecule has 1 aliphatic rings. The first-order chi connectivity index (χ1) is 11.4. The van der Waals surface area contributed by atoms with Crippen LogP contribution < -0.4 is 16.6 Å². The highest BCUT2D eigenvalue weighted by Crippen LogP contribution is 2.39. The molecule has 0 radical (unpaired) electrons. The second kappa shape index (κ2) is 6.12. The van der Waals surface area contributed by atoms with Gasteiger partial charge in [0.05, 0.1) is 24.2 Å². The lowest BCUT2D eigenvalue weighted by molar-refractivity contribution is -0.136. The Bertz CT molecular complexity index is 957. The topological polar surface area (TPSA) is 104 Å². The zero-order valence-corrected chi connectivity index (χ0v) is 14.5. The fraction of sp³-hybridized carbons (Fsp3) is 0.188. The number of methoxy groups -OCH3 is 1. The number of benzene rings is 1. The van der Waals surface area contributed by atoms with Crippen LogP contribution in [0.1, 0.15) is 24.0 Å². The normalized spacial score (nSPS) is 16.4. The van der Waals surface area contributed by atoms with Crippen LogP contribution in [0.25, 0.3) is 0 Å². The molecule has 1 atom stereocenters. The van der Waals surface area contributed by atoms with Crippen LogP contribution in [0, 0.1) is 0 Å². The number of carbonyl (C=O) groups excluding carboxylic acids is 1. The van der Waals surface area contributed by atoms with Crippen LogP contribution in [0.5, 0.6) is 0 Å². The van der Waals surface area contributed by atoms with Gasteiger partial charge in [-0.25, -0.2) is 9.59 Å². The Morgan fingerprint density at radius 1 is 1.17 bits per heavy atom. The number of aromatic nitrogens is 2. The number of hydrogen-bond donors (Lipinski definition) is 3. The lowest BCUT2D eigenvalue weighted by Crippen LogP contribution is -2.34. The highest BCUT2D eigenvalue weighted by Gasteiger charge is 2.35. The highest BCUT2D eigenvalue weighted by atomic mass is 79.9. The number of fused-ring (bicyclic) bond motifs is 1. The zero-order chi connectivity index (χ0) is 17.4. The van der Waals surface area contributed by atoms with E-state index in [9.17, 15) is 14.4 Å². The number of anilines is 1. The van der Waals surface area contributed by atoms with Crippen molar-refractivity contribution in [2.45, 2.75) is 12.8 Å². The Balaban J connectivity index is 2.31. The van der Waals surface area contributed by atoms with Crippen molar-refractivity contribution in [3.8, 4) is 0 Å². The fourth-order valence-electron chi connectivity index (χ4n) is 2.86. The smallest absolute Gasteiger partial charge is 0.336 e.